The molecule has 0 saturated carbocycles. The van der Waals surface area contributed by atoms with Crippen LogP contribution in [0.2, 0.25) is 0 Å². The average molecular weight is 304 g/mol. The molecule has 16 heavy (non-hydrogen) atoms. The molecular weight excluding hydrogens is 295 g/mol. The second-order valence-electron chi connectivity index (χ2n) is 2.09. The van der Waals surface area contributed by atoms with E-state index in [9.17, 15) is 14.4 Å². The molecule has 0 aliphatic carbocycles. The molecular formula is C6H9O6PS3. The third-order valence-corrected chi connectivity index (χ3v) is 2.75. The molecule has 0 aromatic heterocycles. The number of hydrogen-bond acceptors (Lipinski definition) is 9. The smallest absolute Gasteiger partial charge is 0.374 e. The minimum absolute atomic E-state index is 0.227. The van der Waals surface area contributed by atoms with Gasteiger partial charge in [0.15, 0.2) is 0 Å². The molecule has 0 saturated heterocycles. The van der Waals surface area contributed by atoms with Crippen LogP contribution in [0.1, 0.15) is 0 Å². The molecule has 0 radical (unpaired) electrons. The minimum Gasteiger partial charge on any atom is -0.374 e. The first-order chi connectivity index (χ1) is 7.53. The van der Waals surface area contributed by atoms with Gasteiger partial charge < -0.3 is 13.6 Å². The summed E-state index contributed by atoms with van der Waals surface area (Å²) in [5.74, 6) is -2.99. The third kappa shape index (κ3) is 7.21. The molecule has 0 N–H and O–H groups in total. The summed E-state index contributed by atoms with van der Waals surface area (Å²) in [6.07, 6.45) is 0. The first-order valence-corrected chi connectivity index (χ1v) is 6.77. The molecule has 0 heterocycles. The summed E-state index contributed by atoms with van der Waals surface area (Å²) in [6, 6.07) is 0. The Morgan fingerprint density at radius 1 is 0.750 bits per heavy atom. The van der Waals surface area contributed by atoms with Crippen molar-refractivity contribution >= 4 is 64.4 Å². The average Bonchev–Trinajstić information content (AvgIpc) is 2.28. The zero-order valence-electron chi connectivity index (χ0n) is 7.86. The largest absolute Gasteiger partial charge is 0.537 e. The van der Waals surface area contributed by atoms with Crippen molar-refractivity contribution in [3.05, 3.63) is 0 Å². The van der Waals surface area contributed by atoms with Gasteiger partial charge in [0.2, 0.25) is 0 Å². The van der Waals surface area contributed by atoms with Crippen molar-refractivity contribution in [3.8, 4) is 0 Å². The number of rotatable bonds is 6. The SMILES string of the molecule is O=C(CS)OP(OC(=O)CS)OC(=O)CS. The lowest BCUT2D eigenvalue weighted by atomic mass is 10.8. The Kier molecular flexibility index (Phi) is 8.91. The van der Waals surface area contributed by atoms with Crippen LogP contribution in [0.3, 0.4) is 0 Å². The van der Waals surface area contributed by atoms with Crippen molar-refractivity contribution < 1.29 is 28.0 Å². The van der Waals surface area contributed by atoms with Crippen LogP contribution >= 0.6 is 46.5 Å². The van der Waals surface area contributed by atoms with Gasteiger partial charge in [-0.1, -0.05) is 0 Å². The quantitative estimate of drug-likeness (QED) is 0.493. The molecule has 0 atom stereocenters. The van der Waals surface area contributed by atoms with Crippen molar-refractivity contribution in [2.45, 2.75) is 0 Å². The maximum Gasteiger partial charge on any atom is 0.537 e. The minimum atomic E-state index is -2.39. The number of carbonyl (C=O) groups is 3. The number of hydrogen-bond donors (Lipinski definition) is 3. The highest BCUT2D eigenvalue weighted by Crippen LogP contribution is 2.40. The summed E-state index contributed by atoms with van der Waals surface area (Å²) >= 11 is 10.9. The lowest BCUT2D eigenvalue weighted by molar-refractivity contribution is -0.139. The Labute approximate surface area is 110 Å². The van der Waals surface area contributed by atoms with Gasteiger partial charge in [-0.3, -0.25) is 14.4 Å². The van der Waals surface area contributed by atoms with E-state index in [2.05, 4.69) is 51.5 Å². The van der Waals surface area contributed by atoms with Crippen molar-refractivity contribution in [3.63, 3.8) is 0 Å². The molecule has 92 valence electrons. The van der Waals surface area contributed by atoms with Gasteiger partial charge in [0, 0.05) is 0 Å². The standard InChI is InChI=1S/C6H9O6PS3/c7-4(1-14)10-13(11-5(8)2-15)12-6(9)3-16/h14-16H,1-3H2. The van der Waals surface area contributed by atoms with E-state index < -0.39 is 26.5 Å². The number of carbonyl (C=O) groups excluding carboxylic acids is 3. The molecule has 0 unspecified atom stereocenters. The highest BCUT2D eigenvalue weighted by atomic mass is 32.1. The van der Waals surface area contributed by atoms with E-state index in [1.54, 1.807) is 0 Å². The van der Waals surface area contributed by atoms with Gasteiger partial charge >= 0.3 is 26.5 Å². The lowest BCUT2D eigenvalue weighted by Crippen LogP contribution is -2.12. The Balaban J connectivity index is 4.31. The predicted octanol–water partition coefficient (Wildman–Crippen LogP) is 0.632. The van der Waals surface area contributed by atoms with Gasteiger partial charge in [0.25, 0.3) is 0 Å². The summed E-state index contributed by atoms with van der Waals surface area (Å²) in [5.41, 5.74) is 0. The van der Waals surface area contributed by atoms with Gasteiger partial charge in [-0.15, -0.1) is 0 Å². The van der Waals surface area contributed by atoms with Crippen LogP contribution in [0.15, 0.2) is 0 Å². The monoisotopic (exact) mass is 304 g/mol. The van der Waals surface area contributed by atoms with E-state index in [1.165, 1.54) is 0 Å². The van der Waals surface area contributed by atoms with Crippen molar-refractivity contribution in [1.29, 1.82) is 0 Å². The normalized spacial score (nSPS) is 9.75. The van der Waals surface area contributed by atoms with Crippen LogP contribution < -0.4 is 0 Å². The van der Waals surface area contributed by atoms with Crippen LogP contribution in [-0.2, 0) is 28.0 Å². The Hall–Kier alpha value is -0.110. The summed E-state index contributed by atoms with van der Waals surface area (Å²) < 4.78 is 13.6. The van der Waals surface area contributed by atoms with Crippen LogP contribution in [0.5, 0.6) is 0 Å². The van der Waals surface area contributed by atoms with Crippen molar-refractivity contribution in [1.82, 2.24) is 0 Å². The molecule has 0 bridgehead atoms. The van der Waals surface area contributed by atoms with Gasteiger partial charge in [0.05, 0.1) is 17.3 Å². The molecule has 6 nitrogen and oxygen atoms in total. The van der Waals surface area contributed by atoms with Crippen LogP contribution in [0.25, 0.3) is 0 Å². The summed E-state index contributed by atoms with van der Waals surface area (Å²) in [4.78, 5) is 32.6. The highest BCUT2D eigenvalue weighted by Gasteiger charge is 2.26. The fourth-order valence-corrected chi connectivity index (χ4v) is 1.70. The van der Waals surface area contributed by atoms with E-state index in [0.29, 0.717) is 0 Å². The summed E-state index contributed by atoms with van der Waals surface area (Å²) in [5, 5.41) is 0. The van der Waals surface area contributed by atoms with Crippen molar-refractivity contribution in [2.75, 3.05) is 17.3 Å². The molecule has 10 heteroatoms. The predicted molar refractivity (Wildman–Crippen MR) is 66.8 cm³/mol. The molecule has 0 aliphatic rings. The molecule has 0 fully saturated rings. The van der Waals surface area contributed by atoms with E-state index in [1.807, 2.05) is 0 Å². The molecule has 0 rings (SSSR count). The highest BCUT2D eigenvalue weighted by molar-refractivity contribution is 7.81. The van der Waals surface area contributed by atoms with Gasteiger partial charge in [-0.05, 0) is 0 Å². The van der Waals surface area contributed by atoms with E-state index in [4.69, 9.17) is 0 Å². The fraction of sp³-hybridized carbons (Fsp3) is 0.500. The fourth-order valence-electron chi connectivity index (χ4n) is 0.392. The summed E-state index contributed by atoms with van der Waals surface area (Å²) in [6.45, 7) is 0. The molecule has 0 aromatic rings. The maximum atomic E-state index is 10.9. The van der Waals surface area contributed by atoms with Gasteiger partial charge in [-0.2, -0.15) is 37.9 Å². The van der Waals surface area contributed by atoms with Gasteiger partial charge in [-0.25, -0.2) is 0 Å². The van der Waals surface area contributed by atoms with E-state index in [-0.39, 0.29) is 17.3 Å². The maximum absolute atomic E-state index is 10.9. The summed E-state index contributed by atoms with van der Waals surface area (Å²) in [7, 11) is -2.39. The second kappa shape index (κ2) is 8.98. The molecule has 0 amide bonds. The zero-order valence-corrected chi connectivity index (χ0v) is 11.4. The van der Waals surface area contributed by atoms with Crippen LogP contribution in [-0.4, -0.2) is 35.2 Å². The molecule has 0 aromatic carbocycles. The Bertz CT molecular complexity index is 230. The van der Waals surface area contributed by atoms with Gasteiger partial charge in [0.1, 0.15) is 0 Å². The Morgan fingerprint density at radius 3 is 1.19 bits per heavy atom. The number of thiol groups is 3. The van der Waals surface area contributed by atoms with Crippen LogP contribution in [0, 0.1) is 0 Å². The molecule has 0 spiro atoms. The van der Waals surface area contributed by atoms with E-state index in [0.717, 1.165) is 0 Å². The topological polar surface area (TPSA) is 78.9 Å². The van der Waals surface area contributed by atoms with Crippen LogP contribution in [0.4, 0.5) is 0 Å². The molecule has 0 aliphatic heterocycles. The third-order valence-electron chi connectivity index (χ3n) is 0.916. The first kappa shape index (κ1) is 15.9. The Morgan fingerprint density at radius 2 is 1.00 bits per heavy atom. The first-order valence-electron chi connectivity index (χ1n) is 3.78. The van der Waals surface area contributed by atoms with E-state index >= 15 is 0 Å². The lowest BCUT2D eigenvalue weighted by Gasteiger charge is -2.13. The second-order valence-corrected chi connectivity index (χ2v) is 4.03. The van der Waals surface area contributed by atoms with Crippen molar-refractivity contribution in [2.24, 2.45) is 0 Å². The zero-order chi connectivity index (χ0) is 12.6.